The Bertz CT molecular complexity index is 424. The third-order valence-corrected chi connectivity index (χ3v) is 1.78. The Kier molecular flexibility index (Phi) is 1.90. The first-order chi connectivity index (χ1) is 6.25. The van der Waals surface area contributed by atoms with Gasteiger partial charge in [0.2, 0.25) is 0 Å². The van der Waals surface area contributed by atoms with E-state index in [9.17, 15) is 0 Å². The van der Waals surface area contributed by atoms with E-state index in [-0.39, 0.29) is 0 Å². The van der Waals surface area contributed by atoms with Crippen molar-refractivity contribution in [1.29, 1.82) is 0 Å². The molecule has 0 unspecified atom stereocenters. The van der Waals surface area contributed by atoms with Crippen molar-refractivity contribution in [2.24, 2.45) is 0 Å². The van der Waals surface area contributed by atoms with Crippen LogP contribution in [0.15, 0.2) is 30.5 Å². The SMILES string of the molecule is Nc1cnn(-c2cccc(Cl)c2)n1. The third-order valence-electron chi connectivity index (χ3n) is 1.55. The molecule has 0 aliphatic carbocycles. The molecule has 1 aromatic carbocycles. The van der Waals surface area contributed by atoms with Gasteiger partial charge in [-0.25, -0.2) is 0 Å². The minimum absolute atomic E-state index is 0.389. The lowest BCUT2D eigenvalue weighted by Crippen LogP contribution is -1.98. The van der Waals surface area contributed by atoms with Crippen LogP contribution in [0.1, 0.15) is 0 Å². The lowest BCUT2D eigenvalue weighted by molar-refractivity contribution is 0.754. The van der Waals surface area contributed by atoms with Crippen molar-refractivity contribution in [3.05, 3.63) is 35.5 Å². The second-order valence-corrected chi connectivity index (χ2v) is 2.98. The zero-order valence-corrected chi connectivity index (χ0v) is 7.44. The van der Waals surface area contributed by atoms with Crippen LogP contribution in [0.4, 0.5) is 5.82 Å². The van der Waals surface area contributed by atoms with Gasteiger partial charge in [0, 0.05) is 5.02 Å². The number of nitrogen functional groups attached to an aromatic ring is 1. The van der Waals surface area contributed by atoms with Gasteiger partial charge in [-0.2, -0.15) is 5.10 Å². The molecule has 1 heterocycles. The van der Waals surface area contributed by atoms with Crippen LogP contribution < -0.4 is 5.73 Å². The number of benzene rings is 1. The topological polar surface area (TPSA) is 56.7 Å². The zero-order valence-electron chi connectivity index (χ0n) is 6.68. The first kappa shape index (κ1) is 8.07. The molecular formula is C8H7ClN4. The summed E-state index contributed by atoms with van der Waals surface area (Å²) < 4.78 is 0. The van der Waals surface area contributed by atoms with Gasteiger partial charge in [-0.15, -0.1) is 9.90 Å². The van der Waals surface area contributed by atoms with Gasteiger partial charge in [0.15, 0.2) is 5.82 Å². The van der Waals surface area contributed by atoms with E-state index in [2.05, 4.69) is 10.2 Å². The maximum absolute atomic E-state index is 5.80. The minimum Gasteiger partial charge on any atom is -0.381 e. The zero-order chi connectivity index (χ0) is 9.26. The molecule has 5 heteroatoms. The van der Waals surface area contributed by atoms with E-state index >= 15 is 0 Å². The van der Waals surface area contributed by atoms with E-state index < -0.39 is 0 Å². The van der Waals surface area contributed by atoms with E-state index in [0.717, 1.165) is 5.69 Å². The molecular weight excluding hydrogens is 188 g/mol. The Hall–Kier alpha value is -1.55. The van der Waals surface area contributed by atoms with Crippen molar-refractivity contribution in [1.82, 2.24) is 15.0 Å². The maximum Gasteiger partial charge on any atom is 0.166 e. The minimum atomic E-state index is 0.389. The quantitative estimate of drug-likeness (QED) is 0.749. The number of nitrogens with two attached hydrogens (primary N) is 1. The van der Waals surface area contributed by atoms with Crippen LogP contribution in [0, 0.1) is 0 Å². The van der Waals surface area contributed by atoms with Crippen LogP contribution in [0.5, 0.6) is 0 Å². The normalized spacial score (nSPS) is 10.2. The van der Waals surface area contributed by atoms with Gasteiger partial charge in [-0.1, -0.05) is 17.7 Å². The molecule has 4 nitrogen and oxygen atoms in total. The van der Waals surface area contributed by atoms with E-state index in [4.69, 9.17) is 17.3 Å². The van der Waals surface area contributed by atoms with Crippen molar-refractivity contribution >= 4 is 17.4 Å². The predicted octanol–water partition coefficient (Wildman–Crippen LogP) is 1.50. The summed E-state index contributed by atoms with van der Waals surface area (Å²) in [5, 5.41) is 8.54. The van der Waals surface area contributed by atoms with Crippen LogP contribution in [-0.4, -0.2) is 15.0 Å². The molecule has 0 bridgehead atoms. The smallest absolute Gasteiger partial charge is 0.166 e. The molecule has 0 fully saturated rings. The number of anilines is 1. The highest BCUT2D eigenvalue weighted by molar-refractivity contribution is 6.30. The van der Waals surface area contributed by atoms with E-state index in [0.29, 0.717) is 10.8 Å². The lowest BCUT2D eigenvalue weighted by atomic mass is 10.3. The highest BCUT2D eigenvalue weighted by Gasteiger charge is 1.99. The van der Waals surface area contributed by atoms with Crippen molar-refractivity contribution in [3.63, 3.8) is 0 Å². The Morgan fingerprint density at radius 3 is 2.85 bits per heavy atom. The largest absolute Gasteiger partial charge is 0.381 e. The van der Waals surface area contributed by atoms with Crippen molar-refractivity contribution in [3.8, 4) is 5.69 Å². The second kappa shape index (κ2) is 3.06. The molecule has 1 aromatic heterocycles. The molecule has 0 aliphatic rings. The number of aromatic nitrogens is 3. The molecule has 0 saturated carbocycles. The number of halogens is 1. The Labute approximate surface area is 79.9 Å². The molecule has 0 radical (unpaired) electrons. The van der Waals surface area contributed by atoms with Crippen molar-refractivity contribution in [2.45, 2.75) is 0 Å². The van der Waals surface area contributed by atoms with Crippen LogP contribution >= 0.6 is 11.6 Å². The first-order valence-electron chi connectivity index (χ1n) is 3.69. The van der Waals surface area contributed by atoms with E-state index in [1.54, 1.807) is 12.1 Å². The number of hydrogen-bond acceptors (Lipinski definition) is 3. The van der Waals surface area contributed by atoms with Gasteiger partial charge in [0.25, 0.3) is 0 Å². The van der Waals surface area contributed by atoms with Crippen molar-refractivity contribution in [2.75, 3.05) is 5.73 Å². The number of hydrogen-bond donors (Lipinski definition) is 1. The molecule has 0 amide bonds. The van der Waals surface area contributed by atoms with Crippen LogP contribution in [0.3, 0.4) is 0 Å². The molecule has 0 atom stereocenters. The number of nitrogens with zero attached hydrogens (tertiary/aromatic N) is 3. The molecule has 66 valence electrons. The highest BCUT2D eigenvalue weighted by atomic mass is 35.5. The van der Waals surface area contributed by atoms with Crippen LogP contribution in [0.25, 0.3) is 5.69 Å². The van der Waals surface area contributed by atoms with Crippen LogP contribution in [-0.2, 0) is 0 Å². The molecule has 0 aliphatic heterocycles. The van der Waals surface area contributed by atoms with Gasteiger partial charge in [0.1, 0.15) is 0 Å². The summed E-state index contributed by atoms with van der Waals surface area (Å²) in [7, 11) is 0. The summed E-state index contributed by atoms with van der Waals surface area (Å²) >= 11 is 5.80. The van der Waals surface area contributed by atoms with Gasteiger partial charge in [-0.05, 0) is 18.2 Å². The highest BCUT2D eigenvalue weighted by Crippen LogP contribution is 2.13. The third kappa shape index (κ3) is 1.62. The molecule has 0 spiro atoms. The average Bonchev–Trinajstić information content (AvgIpc) is 2.52. The van der Waals surface area contributed by atoms with Gasteiger partial charge in [0.05, 0.1) is 11.9 Å². The van der Waals surface area contributed by atoms with Gasteiger partial charge < -0.3 is 5.73 Å². The fraction of sp³-hybridized carbons (Fsp3) is 0. The van der Waals surface area contributed by atoms with Crippen molar-refractivity contribution < 1.29 is 0 Å². The molecule has 0 saturated heterocycles. The summed E-state index contributed by atoms with van der Waals surface area (Å²) in [4.78, 5) is 1.43. The maximum atomic E-state index is 5.80. The van der Waals surface area contributed by atoms with Crippen LogP contribution in [0.2, 0.25) is 5.02 Å². The summed E-state index contributed by atoms with van der Waals surface area (Å²) in [5.74, 6) is 0.389. The predicted molar refractivity (Wildman–Crippen MR) is 50.8 cm³/mol. The summed E-state index contributed by atoms with van der Waals surface area (Å²) in [5.41, 5.74) is 6.22. The summed E-state index contributed by atoms with van der Waals surface area (Å²) in [6.07, 6.45) is 1.49. The molecule has 2 rings (SSSR count). The lowest BCUT2D eigenvalue weighted by Gasteiger charge is -1.98. The summed E-state index contributed by atoms with van der Waals surface area (Å²) in [6, 6.07) is 7.24. The fourth-order valence-electron chi connectivity index (χ4n) is 1.000. The first-order valence-corrected chi connectivity index (χ1v) is 4.07. The monoisotopic (exact) mass is 194 g/mol. The average molecular weight is 195 g/mol. The fourth-order valence-corrected chi connectivity index (χ4v) is 1.18. The second-order valence-electron chi connectivity index (χ2n) is 2.54. The number of rotatable bonds is 1. The van der Waals surface area contributed by atoms with Gasteiger partial charge >= 0.3 is 0 Å². The molecule has 2 N–H and O–H groups in total. The Morgan fingerprint density at radius 2 is 2.23 bits per heavy atom. The summed E-state index contributed by atoms with van der Waals surface area (Å²) in [6.45, 7) is 0. The molecule has 2 aromatic rings. The Balaban J connectivity index is 2.46. The Morgan fingerprint density at radius 1 is 1.38 bits per heavy atom. The van der Waals surface area contributed by atoms with Gasteiger partial charge in [-0.3, -0.25) is 0 Å². The molecule has 13 heavy (non-hydrogen) atoms. The standard InChI is InChI=1S/C8H7ClN4/c9-6-2-1-3-7(4-6)13-11-5-8(10)12-13/h1-5H,(H2,10,12). The van der Waals surface area contributed by atoms with E-state index in [1.165, 1.54) is 11.0 Å². The van der Waals surface area contributed by atoms with E-state index in [1.807, 2.05) is 12.1 Å².